The van der Waals surface area contributed by atoms with Crippen molar-refractivity contribution in [2.24, 2.45) is 0 Å². The molecule has 7 nitrogen and oxygen atoms in total. The first-order valence-corrected chi connectivity index (χ1v) is 10.9. The van der Waals surface area contributed by atoms with Gasteiger partial charge in [-0.1, -0.05) is 18.2 Å². The predicted molar refractivity (Wildman–Crippen MR) is 126 cm³/mol. The Balaban J connectivity index is 1.83. The summed E-state index contributed by atoms with van der Waals surface area (Å²) in [6.45, 7) is 6.13. The zero-order valence-electron chi connectivity index (χ0n) is 18.3. The van der Waals surface area contributed by atoms with Crippen molar-refractivity contribution >= 4 is 23.3 Å². The van der Waals surface area contributed by atoms with Crippen molar-refractivity contribution in [2.45, 2.75) is 32.9 Å². The number of aromatic nitrogens is 2. The second-order valence-corrected chi connectivity index (χ2v) is 8.10. The highest BCUT2D eigenvalue weighted by Gasteiger charge is 2.42. The summed E-state index contributed by atoms with van der Waals surface area (Å²) in [5.41, 5.74) is 4.45. The molecule has 2 aromatic heterocycles. The summed E-state index contributed by atoms with van der Waals surface area (Å²) in [7, 11) is 0. The number of phenols is 1. The van der Waals surface area contributed by atoms with Gasteiger partial charge >= 0.3 is 5.97 Å². The molecule has 166 valence electrons. The molecular weight excluding hydrogens is 424 g/mol. The molecule has 0 amide bonds. The lowest BCUT2D eigenvalue weighted by molar-refractivity contribution is -0.143. The van der Waals surface area contributed by atoms with Crippen LogP contribution < -0.4 is 5.32 Å². The maximum absolute atomic E-state index is 12.4. The Kier molecular flexibility index (Phi) is 6.14. The number of hydrogen-bond donors (Lipinski definition) is 2. The van der Waals surface area contributed by atoms with Gasteiger partial charge in [-0.3, -0.25) is 9.78 Å². The molecule has 0 aliphatic carbocycles. The average molecular weight is 451 g/mol. The quantitative estimate of drug-likeness (QED) is 0.438. The van der Waals surface area contributed by atoms with Crippen LogP contribution in [-0.4, -0.2) is 43.8 Å². The smallest absolute Gasteiger partial charge is 0.325 e. The highest BCUT2D eigenvalue weighted by atomic mass is 32.1. The normalized spacial score (nSPS) is 18.0. The Bertz CT molecular complexity index is 1150. The second kappa shape index (κ2) is 9.00. The summed E-state index contributed by atoms with van der Waals surface area (Å²) in [5.74, 6) is -0.136. The Labute approximate surface area is 192 Å². The van der Waals surface area contributed by atoms with Gasteiger partial charge in [0.05, 0.1) is 30.1 Å². The predicted octanol–water partition coefficient (Wildman–Crippen LogP) is 3.73. The second-order valence-electron chi connectivity index (χ2n) is 7.71. The Morgan fingerprint density at radius 3 is 2.66 bits per heavy atom. The number of carbonyl (C=O) groups excluding carboxylic acids is 1. The molecule has 0 unspecified atom stereocenters. The number of nitrogens with one attached hydrogen (secondary N) is 1. The van der Waals surface area contributed by atoms with Crippen LogP contribution in [0.3, 0.4) is 0 Å². The third kappa shape index (κ3) is 3.93. The molecule has 0 saturated carbocycles. The monoisotopic (exact) mass is 450 g/mol. The van der Waals surface area contributed by atoms with Crippen LogP contribution in [0.1, 0.15) is 41.7 Å². The minimum absolute atomic E-state index is 0.0356. The first-order chi connectivity index (χ1) is 15.4. The van der Waals surface area contributed by atoms with Gasteiger partial charge in [0.15, 0.2) is 5.11 Å². The Morgan fingerprint density at radius 2 is 1.97 bits per heavy atom. The van der Waals surface area contributed by atoms with Gasteiger partial charge < -0.3 is 24.6 Å². The van der Waals surface area contributed by atoms with E-state index in [1.807, 2.05) is 53.6 Å². The van der Waals surface area contributed by atoms with E-state index in [1.54, 1.807) is 25.3 Å². The van der Waals surface area contributed by atoms with E-state index in [-0.39, 0.29) is 30.3 Å². The van der Waals surface area contributed by atoms with Crippen LogP contribution in [0.4, 0.5) is 0 Å². The van der Waals surface area contributed by atoms with Crippen molar-refractivity contribution in [3.05, 3.63) is 77.4 Å². The van der Waals surface area contributed by atoms with Crippen LogP contribution in [0, 0.1) is 13.8 Å². The average Bonchev–Trinajstić information content (AvgIpc) is 3.25. The molecule has 8 heteroatoms. The van der Waals surface area contributed by atoms with Crippen LogP contribution in [0.2, 0.25) is 0 Å². The molecule has 4 rings (SSSR count). The molecule has 0 spiro atoms. The number of benzene rings is 1. The SMILES string of the molecule is CCOC(=O)CN1C(=S)N[C@H](c2ccccn2)[C@H]1c1cc(C)n(-c2ccccc2O)c1C. The number of hydrogen-bond acceptors (Lipinski definition) is 5. The van der Waals surface area contributed by atoms with Gasteiger partial charge in [-0.05, 0) is 68.9 Å². The van der Waals surface area contributed by atoms with Crippen molar-refractivity contribution in [3.8, 4) is 11.4 Å². The lowest BCUT2D eigenvalue weighted by Crippen LogP contribution is -2.35. The number of carbonyl (C=O) groups is 1. The van der Waals surface area contributed by atoms with Gasteiger partial charge in [-0.25, -0.2) is 0 Å². The molecule has 2 N–H and O–H groups in total. The zero-order valence-corrected chi connectivity index (χ0v) is 19.1. The number of para-hydroxylation sites is 2. The topological polar surface area (TPSA) is 79.6 Å². The maximum Gasteiger partial charge on any atom is 0.325 e. The van der Waals surface area contributed by atoms with E-state index in [2.05, 4.69) is 16.4 Å². The molecule has 2 atom stereocenters. The number of esters is 1. The minimum atomic E-state index is -0.335. The first kappa shape index (κ1) is 21.8. The molecule has 1 aliphatic heterocycles. The number of pyridine rings is 1. The van der Waals surface area contributed by atoms with E-state index in [4.69, 9.17) is 17.0 Å². The van der Waals surface area contributed by atoms with Crippen molar-refractivity contribution in [1.82, 2.24) is 19.8 Å². The molecule has 1 saturated heterocycles. The fourth-order valence-corrected chi connectivity index (χ4v) is 4.68. The highest BCUT2D eigenvalue weighted by molar-refractivity contribution is 7.80. The van der Waals surface area contributed by atoms with E-state index in [0.717, 1.165) is 22.6 Å². The van der Waals surface area contributed by atoms with E-state index in [1.165, 1.54) is 0 Å². The molecule has 3 heterocycles. The summed E-state index contributed by atoms with van der Waals surface area (Å²) in [6, 6.07) is 14.6. The lowest BCUT2D eigenvalue weighted by atomic mass is 9.97. The summed E-state index contributed by atoms with van der Waals surface area (Å²) in [5, 5.41) is 14.3. The Morgan fingerprint density at radius 1 is 1.22 bits per heavy atom. The van der Waals surface area contributed by atoms with Crippen LogP contribution in [-0.2, 0) is 9.53 Å². The van der Waals surface area contributed by atoms with Gasteiger partial charge in [0.2, 0.25) is 0 Å². The summed E-state index contributed by atoms with van der Waals surface area (Å²) in [6.07, 6.45) is 1.75. The number of aryl methyl sites for hydroxylation is 1. The van der Waals surface area contributed by atoms with Gasteiger partial charge in [-0.15, -0.1) is 0 Å². The number of phenolic OH excluding ortho intramolecular Hbond substituents is 1. The molecule has 1 aromatic carbocycles. The van der Waals surface area contributed by atoms with E-state index >= 15 is 0 Å². The number of aromatic hydroxyl groups is 1. The van der Waals surface area contributed by atoms with Crippen molar-refractivity contribution in [2.75, 3.05) is 13.2 Å². The fraction of sp³-hybridized carbons (Fsp3) is 0.292. The molecule has 3 aromatic rings. The van der Waals surface area contributed by atoms with Gasteiger partial charge in [-0.2, -0.15) is 0 Å². The number of nitrogens with zero attached hydrogens (tertiary/aromatic N) is 3. The summed E-state index contributed by atoms with van der Waals surface area (Å²) < 4.78 is 7.22. The fourth-order valence-electron chi connectivity index (χ4n) is 4.37. The van der Waals surface area contributed by atoms with Crippen LogP contribution in [0.5, 0.6) is 5.75 Å². The number of thiocarbonyl (C=S) groups is 1. The van der Waals surface area contributed by atoms with Crippen molar-refractivity contribution in [1.29, 1.82) is 0 Å². The lowest BCUT2D eigenvalue weighted by Gasteiger charge is -2.27. The van der Waals surface area contributed by atoms with Crippen molar-refractivity contribution in [3.63, 3.8) is 0 Å². The number of rotatable bonds is 6. The summed E-state index contributed by atoms with van der Waals surface area (Å²) >= 11 is 5.63. The van der Waals surface area contributed by atoms with E-state index in [9.17, 15) is 9.90 Å². The van der Waals surface area contributed by atoms with Crippen molar-refractivity contribution < 1.29 is 14.6 Å². The van der Waals surface area contributed by atoms with Gasteiger partial charge in [0.25, 0.3) is 0 Å². The molecule has 32 heavy (non-hydrogen) atoms. The maximum atomic E-state index is 12.4. The Hall–Kier alpha value is -3.39. The largest absolute Gasteiger partial charge is 0.506 e. The van der Waals surface area contributed by atoms with Gasteiger partial charge in [0.1, 0.15) is 12.3 Å². The highest BCUT2D eigenvalue weighted by Crippen LogP contribution is 2.41. The molecule has 1 aliphatic rings. The van der Waals surface area contributed by atoms with E-state index < -0.39 is 0 Å². The third-order valence-electron chi connectivity index (χ3n) is 5.71. The minimum Gasteiger partial charge on any atom is -0.506 e. The first-order valence-electron chi connectivity index (χ1n) is 10.5. The standard InChI is InChI=1S/C24H26N4O3S/c1-4-31-21(30)14-27-23(22(26-24(27)32)18-9-7-8-12-25-18)17-13-15(2)28(16(17)3)19-10-5-6-11-20(19)29/h5-13,22-23,29H,4,14H2,1-3H3,(H,26,32)/t22-,23-/m1/s1. The molecule has 0 bridgehead atoms. The van der Waals surface area contributed by atoms with Crippen LogP contribution in [0.15, 0.2) is 54.7 Å². The summed E-state index contributed by atoms with van der Waals surface area (Å²) in [4.78, 5) is 18.8. The van der Waals surface area contributed by atoms with Crippen LogP contribution >= 0.6 is 12.2 Å². The number of ether oxygens (including phenoxy) is 1. The third-order valence-corrected chi connectivity index (χ3v) is 6.07. The van der Waals surface area contributed by atoms with Crippen LogP contribution in [0.25, 0.3) is 5.69 Å². The molecule has 1 fully saturated rings. The van der Waals surface area contributed by atoms with E-state index in [0.29, 0.717) is 17.4 Å². The van der Waals surface area contributed by atoms with Gasteiger partial charge in [0, 0.05) is 17.6 Å². The molecular formula is C24H26N4O3S. The molecule has 0 radical (unpaired) electrons. The zero-order chi connectivity index (χ0) is 22.8.